The molecule has 0 bridgehead atoms. The van der Waals surface area contributed by atoms with Gasteiger partial charge in [0.25, 0.3) is 0 Å². The molecule has 0 saturated heterocycles. The maximum Gasteiger partial charge on any atom is 0.0914 e. The Balaban J connectivity index is 1.74. The van der Waals surface area contributed by atoms with Crippen LogP contribution in [0.3, 0.4) is 0 Å². The molecule has 19 heavy (non-hydrogen) atoms. The predicted molar refractivity (Wildman–Crippen MR) is 77.2 cm³/mol. The minimum atomic E-state index is -0.508. The van der Waals surface area contributed by atoms with E-state index in [-0.39, 0.29) is 6.61 Å². The van der Waals surface area contributed by atoms with E-state index in [0.717, 1.165) is 18.5 Å². The summed E-state index contributed by atoms with van der Waals surface area (Å²) in [6.45, 7) is 1.69. The second kappa shape index (κ2) is 7.25. The van der Waals surface area contributed by atoms with Crippen LogP contribution >= 0.6 is 11.6 Å². The first-order chi connectivity index (χ1) is 9.20. The fourth-order valence-electron chi connectivity index (χ4n) is 2.83. The lowest BCUT2D eigenvalue weighted by Crippen LogP contribution is -2.30. The fourth-order valence-corrected chi connectivity index (χ4v) is 2.96. The van der Waals surface area contributed by atoms with Crippen LogP contribution in [0, 0.1) is 11.8 Å². The Bertz CT molecular complexity index is 382. The van der Waals surface area contributed by atoms with Gasteiger partial charge in [-0.1, -0.05) is 30.2 Å². The van der Waals surface area contributed by atoms with Crippen LogP contribution < -0.4 is 5.32 Å². The van der Waals surface area contributed by atoms with Gasteiger partial charge in [0, 0.05) is 18.2 Å². The predicted octanol–water partition coefficient (Wildman–Crippen LogP) is 2.37. The number of aliphatic hydroxyl groups excluding tert-OH is 2. The summed E-state index contributed by atoms with van der Waals surface area (Å²) in [6, 6.07) is 7.28. The van der Waals surface area contributed by atoms with Crippen LogP contribution in [0.2, 0.25) is 5.02 Å². The summed E-state index contributed by atoms with van der Waals surface area (Å²) in [5, 5.41) is 23.3. The summed E-state index contributed by atoms with van der Waals surface area (Å²) < 4.78 is 0. The molecule has 1 aromatic carbocycles. The van der Waals surface area contributed by atoms with Crippen LogP contribution in [-0.2, 0) is 0 Å². The van der Waals surface area contributed by atoms with Crippen LogP contribution in [0.15, 0.2) is 24.3 Å². The van der Waals surface area contributed by atoms with Gasteiger partial charge in [0.05, 0.1) is 6.10 Å². The zero-order valence-corrected chi connectivity index (χ0v) is 11.8. The van der Waals surface area contributed by atoms with Crippen molar-refractivity contribution in [3.05, 3.63) is 34.9 Å². The molecule has 3 N–H and O–H groups in total. The molecule has 0 spiro atoms. The average molecular weight is 284 g/mol. The molecule has 106 valence electrons. The van der Waals surface area contributed by atoms with Crippen molar-refractivity contribution in [1.29, 1.82) is 0 Å². The third-order valence-corrected chi connectivity index (χ3v) is 4.30. The standard InChI is InChI=1S/C15H22ClNO2/c16-14-6-4-11(5-7-14)15(19)9-17-8-12-2-1-3-13(12)10-18/h4-7,12-13,15,17-19H,1-3,8-10H2. The average Bonchev–Trinajstić information content (AvgIpc) is 2.87. The molecule has 4 heteroatoms. The van der Waals surface area contributed by atoms with Crippen molar-refractivity contribution >= 4 is 11.6 Å². The Kier molecular flexibility index (Phi) is 5.64. The Labute approximate surface area is 119 Å². The summed E-state index contributed by atoms with van der Waals surface area (Å²) in [5.74, 6) is 0.975. The van der Waals surface area contributed by atoms with Crippen LogP contribution in [0.25, 0.3) is 0 Å². The van der Waals surface area contributed by atoms with E-state index in [1.165, 1.54) is 12.8 Å². The van der Waals surface area contributed by atoms with Crippen LogP contribution in [0.4, 0.5) is 0 Å². The number of nitrogens with one attached hydrogen (secondary N) is 1. The zero-order chi connectivity index (χ0) is 13.7. The highest BCUT2D eigenvalue weighted by Gasteiger charge is 2.26. The van der Waals surface area contributed by atoms with Crippen LogP contribution in [0.5, 0.6) is 0 Å². The molecule has 1 aliphatic rings. The largest absolute Gasteiger partial charge is 0.396 e. The number of benzene rings is 1. The number of hydrogen-bond acceptors (Lipinski definition) is 3. The SMILES string of the molecule is OCC1CCCC1CNCC(O)c1ccc(Cl)cc1. The van der Waals surface area contributed by atoms with Gasteiger partial charge in [-0.3, -0.25) is 0 Å². The zero-order valence-electron chi connectivity index (χ0n) is 11.1. The van der Waals surface area contributed by atoms with Gasteiger partial charge in [-0.05, 0) is 48.9 Å². The van der Waals surface area contributed by atoms with Gasteiger partial charge in [-0.25, -0.2) is 0 Å². The minimum absolute atomic E-state index is 0.284. The lowest BCUT2D eigenvalue weighted by molar-refractivity contribution is 0.163. The van der Waals surface area contributed by atoms with Crippen LogP contribution in [0.1, 0.15) is 30.9 Å². The number of rotatable bonds is 6. The van der Waals surface area contributed by atoms with Gasteiger partial charge in [0.2, 0.25) is 0 Å². The number of halogens is 1. The summed E-state index contributed by atoms with van der Waals surface area (Å²) in [5.41, 5.74) is 0.877. The lowest BCUT2D eigenvalue weighted by Gasteiger charge is -2.19. The fraction of sp³-hybridized carbons (Fsp3) is 0.600. The van der Waals surface area contributed by atoms with Gasteiger partial charge < -0.3 is 15.5 Å². The Morgan fingerprint density at radius 2 is 1.89 bits per heavy atom. The topological polar surface area (TPSA) is 52.5 Å². The summed E-state index contributed by atoms with van der Waals surface area (Å²) >= 11 is 5.82. The van der Waals surface area contributed by atoms with Gasteiger partial charge in [0.15, 0.2) is 0 Å². The third kappa shape index (κ3) is 4.18. The van der Waals surface area contributed by atoms with Crippen molar-refractivity contribution < 1.29 is 10.2 Å². The van der Waals surface area contributed by atoms with Crippen molar-refractivity contribution in [1.82, 2.24) is 5.32 Å². The van der Waals surface area contributed by atoms with Gasteiger partial charge in [0.1, 0.15) is 0 Å². The summed E-state index contributed by atoms with van der Waals surface area (Å²) in [7, 11) is 0. The van der Waals surface area contributed by atoms with Crippen molar-refractivity contribution in [2.45, 2.75) is 25.4 Å². The molecule has 1 saturated carbocycles. The summed E-state index contributed by atoms with van der Waals surface area (Å²) in [4.78, 5) is 0. The molecule has 3 atom stereocenters. The molecule has 2 rings (SSSR count). The Hall–Kier alpha value is -0.610. The highest BCUT2D eigenvalue weighted by Crippen LogP contribution is 2.30. The maximum absolute atomic E-state index is 10.1. The molecule has 0 aliphatic heterocycles. The first kappa shape index (κ1) is 14.8. The van der Waals surface area contributed by atoms with E-state index in [1.54, 1.807) is 12.1 Å². The molecule has 1 aliphatic carbocycles. The van der Waals surface area contributed by atoms with E-state index in [0.29, 0.717) is 23.4 Å². The molecule has 1 aromatic rings. The van der Waals surface area contributed by atoms with E-state index < -0.39 is 6.10 Å². The molecule has 0 amide bonds. The Morgan fingerprint density at radius 1 is 1.21 bits per heavy atom. The van der Waals surface area contributed by atoms with Crippen molar-refractivity contribution in [2.75, 3.05) is 19.7 Å². The molecule has 3 nitrogen and oxygen atoms in total. The van der Waals surface area contributed by atoms with E-state index in [4.69, 9.17) is 11.6 Å². The molecule has 3 unspecified atom stereocenters. The molecule has 1 fully saturated rings. The smallest absolute Gasteiger partial charge is 0.0914 e. The van der Waals surface area contributed by atoms with Crippen molar-refractivity contribution in [3.63, 3.8) is 0 Å². The molecule has 0 heterocycles. The van der Waals surface area contributed by atoms with Crippen LogP contribution in [-0.4, -0.2) is 29.9 Å². The van der Waals surface area contributed by atoms with E-state index >= 15 is 0 Å². The second-order valence-corrected chi connectivity index (χ2v) is 5.80. The van der Waals surface area contributed by atoms with Gasteiger partial charge >= 0.3 is 0 Å². The summed E-state index contributed by atoms with van der Waals surface area (Å²) in [6.07, 6.45) is 3.00. The molecule has 0 aromatic heterocycles. The minimum Gasteiger partial charge on any atom is -0.396 e. The maximum atomic E-state index is 10.1. The number of hydrogen-bond donors (Lipinski definition) is 3. The first-order valence-electron chi connectivity index (χ1n) is 6.96. The molecular formula is C15H22ClNO2. The highest BCUT2D eigenvalue weighted by molar-refractivity contribution is 6.30. The monoisotopic (exact) mass is 283 g/mol. The third-order valence-electron chi connectivity index (χ3n) is 4.05. The highest BCUT2D eigenvalue weighted by atomic mass is 35.5. The van der Waals surface area contributed by atoms with Gasteiger partial charge in [-0.2, -0.15) is 0 Å². The van der Waals surface area contributed by atoms with E-state index in [2.05, 4.69) is 5.32 Å². The quantitative estimate of drug-likeness (QED) is 0.751. The molecular weight excluding hydrogens is 262 g/mol. The van der Waals surface area contributed by atoms with E-state index in [9.17, 15) is 10.2 Å². The van der Waals surface area contributed by atoms with Crippen molar-refractivity contribution in [2.24, 2.45) is 11.8 Å². The first-order valence-corrected chi connectivity index (χ1v) is 7.33. The lowest BCUT2D eigenvalue weighted by atomic mass is 9.97. The second-order valence-electron chi connectivity index (χ2n) is 5.36. The Morgan fingerprint density at radius 3 is 2.58 bits per heavy atom. The van der Waals surface area contributed by atoms with E-state index in [1.807, 2.05) is 12.1 Å². The number of aliphatic hydroxyl groups is 2. The van der Waals surface area contributed by atoms with Crippen molar-refractivity contribution in [3.8, 4) is 0 Å². The normalized spacial score (nSPS) is 24.6. The van der Waals surface area contributed by atoms with Gasteiger partial charge in [-0.15, -0.1) is 0 Å². The molecule has 0 radical (unpaired) electrons.